The Hall–Kier alpha value is -4.56. The molecule has 1 unspecified atom stereocenters. The molecule has 0 bridgehead atoms. The van der Waals surface area contributed by atoms with Crippen LogP contribution in [-0.2, 0) is 0 Å². The number of rotatable bonds is 9. The molecule has 2 saturated heterocycles. The molecule has 1 saturated carbocycles. The average Bonchev–Trinajstić information content (AvgIpc) is 3.82. The van der Waals surface area contributed by atoms with Crippen LogP contribution in [-0.4, -0.2) is 81.5 Å². The highest BCUT2D eigenvalue weighted by molar-refractivity contribution is 6.32. The summed E-state index contributed by atoms with van der Waals surface area (Å²) in [5.74, 6) is 0.337. The van der Waals surface area contributed by atoms with Crippen LogP contribution < -0.4 is 30.2 Å². The lowest BCUT2D eigenvalue weighted by molar-refractivity contribution is 0.107. The van der Waals surface area contributed by atoms with Crippen molar-refractivity contribution in [2.75, 3.05) is 43.5 Å². The van der Waals surface area contributed by atoms with Gasteiger partial charge in [0.05, 0.1) is 17.6 Å². The second-order valence-corrected chi connectivity index (χ2v) is 14.7. The Morgan fingerprint density at radius 3 is 2.87 bits per heavy atom. The Labute approximate surface area is 305 Å². The summed E-state index contributed by atoms with van der Waals surface area (Å²) in [6.07, 6.45) is 3.83. The van der Waals surface area contributed by atoms with Gasteiger partial charge in [-0.2, -0.15) is 9.97 Å². The van der Waals surface area contributed by atoms with Crippen LogP contribution >= 0.6 is 11.6 Å². The van der Waals surface area contributed by atoms with Gasteiger partial charge in [-0.1, -0.05) is 17.7 Å². The lowest BCUT2D eigenvalue weighted by Crippen LogP contribution is -2.43. The molecule has 8 rings (SSSR count). The summed E-state index contributed by atoms with van der Waals surface area (Å²) < 4.78 is 50.3. The summed E-state index contributed by atoms with van der Waals surface area (Å²) in [5.41, 5.74) is 7.60. The third-order valence-electron chi connectivity index (χ3n) is 10.7. The number of halogens is 3. The summed E-state index contributed by atoms with van der Waals surface area (Å²) in [5, 5.41) is 3.21. The van der Waals surface area contributed by atoms with Crippen molar-refractivity contribution in [3.8, 4) is 28.9 Å². The molecule has 3 aromatic heterocycles. The maximum absolute atomic E-state index is 17.4. The predicted octanol–water partition coefficient (Wildman–Crippen LogP) is 6.75. The molecule has 3 N–H and O–H groups in total. The quantitative estimate of drug-likeness (QED) is 0.189. The van der Waals surface area contributed by atoms with E-state index in [2.05, 4.69) is 20.2 Å². The first-order chi connectivity index (χ1) is 25.1. The van der Waals surface area contributed by atoms with Crippen molar-refractivity contribution in [2.24, 2.45) is 0 Å². The number of nitrogen functional groups attached to an aromatic ring is 1. The molecule has 3 aliphatic heterocycles. The van der Waals surface area contributed by atoms with Crippen molar-refractivity contribution >= 4 is 40.2 Å². The molecule has 1 aromatic carbocycles. The molecular formula is C37H41ClF2N8O4. The predicted molar refractivity (Wildman–Crippen MR) is 192 cm³/mol. The highest BCUT2D eigenvalue weighted by Gasteiger charge is 2.49. The molecule has 15 heteroatoms. The van der Waals surface area contributed by atoms with Crippen LogP contribution in [0.1, 0.15) is 76.0 Å². The van der Waals surface area contributed by atoms with Gasteiger partial charge in [0.15, 0.2) is 5.82 Å². The topological polar surface area (TPSA) is 141 Å². The maximum Gasteiger partial charge on any atom is 0.412 e. The lowest BCUT2D eigenvalue weighted by Gasteiger charge is -2.35. The molecule has 0 spiro atoms. The Kier molecular flexibility index (Phi) is 8.93. The number of hydrogen-bond donors (Lipinski definition) is 2. The molecule has 12 nitrogen and oxygen atoms in total. The number of carbonyl (C=O) groups is 1. The largest absolute Gasteiger partial charge is 0.475 e. The van der Waals surface area contributed by atoms with Gasteiger partial charge in [0.25, 0.3) is 0 Å². The first-order valence-electron chi connectivity index (χ1n) is 17.9. The number of amides is 1. The van der Waals surface area contributed by atoms with E-state index in [1.54, 1.807) is 25.3 Å². The fourth-order valence-corrected chi connectivity index (χ4v) is 8.56. The molecule has 1 amide bonds. The van der Waals surface area contributed by atoms with E-state index >= 15 is 4.39 Å². The molecule has 274 valence electrons. The van der Waals surface area contributed by atoms with Crippen LogP contribution in [0.15, 0.2) is 30.5 Å². The van der Waals surface area contributed by atoms with Crippen molar-refractivity contribution in [1.82, 2.24) is 30.2 Å². The van der Waals surface area contributed by atoms with Crippen molar-refractivity contribution < 1.29 is 27.8 Å². The standard InChI is InChI=1S/C37H41ClF2N8O4/c1-4-42-36(49)52-23-13-25(27(21-8-9-21)26(38)14-23)30-29(40)31-28-33(46-35(45-31)51-18-37-10-6-12-47(37)16-22(39)15-37)48(19(2)17-50-34(28)44-30)20(3)24-7-5-11-43-32(24)41/h5,7,11,13-14,19-22H,4,6,8-10,12,15-18H2,1-3H3,(H2,41,43)(H,42,49)/t19-,20?,22+,37-/m0/s1. The van der Waals surface area contributed by atoms with Gasteiger partial charge < -0.3 is 30.2 Å². The normalized spacial score (nSPS) is 23.2. The van der Waals surface area contributed by atoms with Gasteiger partial charge in [-0.15, -0.1) is 0 Å². The second kappa shape index (κ2) is 13.4. The highest BCUT2D eigenvalue weighted by atomic mass is 35.5. The Morgan fingerprint density at radius 2 is 2.10 bits per heavy atom. The molecular weight excluding hydrogens is 694 g/mol. The highest BCUT2D eigenvalue weighted by Crippen LogP contribution is 2.51. The van der Waals surface area contributed by atoms with Crippen molar-refractivity contribution in [2.45, 2.75) is 82.6 Å². The van der Waals surface area contributed by atoms with Gasteiger partial charge in [0.1, 0.15) is 53.4 Å². The number of fused-ring (bicyclic) bond motifs is 1. The number of nitrogens with two attached hydrogens (primary N) is 1. The van der Waals surface area contributed by atoms with Gasteiger partial charge in [0, 0.05) is 41.9 Å². The molecule has 3 fully saturated rings. The monoisotopic (exact) mass is 734 g/mol. The SMILES string of the molecule is CCNC(=O)Oc1cc(Cl)c(C2CC2)c(-c2nc3c4c(nc(OC[C@@]56CCCN5C[C@H](F)C6)nc4c2F)N(C(C)c2cccnc2N)[C@@H](C)CO3)c1. The van der Waals surface area contributed by atoms with E-state index in [9.17, 15) is 9.18 Å². The third-order valence-corrected chi connectivity index (χ3v) is 11.1. The minimum atomic E-state index is -0.945. The molecule has 4 atom stereocenters. The van der Waals surface area contributed by atoms with Crippen LogP contribution in [0.25, 0.3) is 22.2 Å². The molecule has 6 heterocycles. The lowest BCUT2D eigenvalue weighted by atomic mass is 9.95. The fourth-order valence-electron chi connectivity index (χ4n) is 8.19. The summed E-state index contributed by atoms with van der Waals surface area (Å²) in [7, 11) is 0. The van der Waals surface area contributed by atoms with Crippen LogP contribution in [0.2, 0.25) is 5.02 Å². The summed E-state index contributed by atoms with van der Waals surface area (Å²) in [6, 6.07) is 6.13. The average molecular weight is 735 g/mol. The summed E-state index contributed by atoms with van der Waals surface area (Å²) in [6.45, 7) is 7.57. The van der Waals surface area contributed by atoms with E-state index in [1.807, 2.05) is 30.9 Å². The van der Waals surface area contributed by atoms with Gasteiger partial charge in [-0.3, -0.25) is 4.90 Å². The number of pyridine rings is 2. The maximum atomic E-state index is 17.4. The Morgan fingerprint density at radius 1 is 1.27 bits per heavy atom. The van der Waals surface area contributed by atoms with E-state index in [-0.39, 0.29) is 65.5 Å². The number of nitrogens with one attached hydrogen (secondary N) is 1. The number of hydrogen-bond acceptors (Lipinski definition) is 11. The smallest absolute Gasteiger partial charge is 0.412 e. The second-order valence-electron chi connectivity index (χ2n) is 14.3. The van der Waals surface area contributed by atoms with Crippen LogP contribution in [0.4, 0.5) is 25.2 Å². The number of aromatic nitrogens is 4. The molecule has 1 aliphatic carbocycles. The van der Waals surface area contributed by atoms with E-state index in [0.29, 0.717) is 47.3 Å². The van der Waals surface area contributed by atoms with Gasteiger partial charge in [-0.25, -0.2) is 23.5 Å². The fraction of sp³-hybridized carbons (Fsp3) is 0.486. The molecule has 52 heavy (non-hydrogen) atoms. The number of ether oxygens (including phenoxy) is 3. The van der Waals surface area contributed by atoms with E-state index in [0.717, 1.165) is 37.8 Å². The number of anilines is 2. The van der Waals surface area contributed by atoms with Crippen molar-refractivity contribution in [1.29, 1.82) is 0 Å². The third kappa shape index (κ3) is 6.09. The summed E-state index contributed by atoms with van der Waals surface area (Å²) in [4.78, 5) is 35.2. The molecule has 4 aliphatic rings. The van der Waals surface area contributed by atoms with Gasteiger partial charge >= 0.3 is 12.1 Å². The zero-order valence-electron chi connectivity index (χ0n) is 29.3. The first-order valence-corrected chi connectivity index (χ1v) is 18.3. The van der Waals surface area contributed by atoms with Crippen molar-refractivity contribution in [3.05, 3.63) is 52.4 Å². The van der Waals surface area contributed by atoms with Crippen molar-refractivity contribution in [3.63, 3.8) is 0 Å². The van der Waals surface area contributed by atoms with Crippen LogP contribution in [0, 0.1) is 5.82 Å². The first kappa shape index (κ1) is 34.5. The van der Waals surface area contributed by atoms with E-state index < -0.39 is 23.6 Å². The van der Waals surface area contributed by atoms with Gasteiger partial charge in [-0.05, 0) is 82.7 Å². The number of carbonyl (C=O) groups excluding carboxylic acids is 1. The Balaban J connectivity index is 1.31. The van der Waals surface area contributed by atoms with Gasteiger partial charge in [0.2, 0.25) is 5.88 Å². The molecule has 0 radical (unpaired) electrons. The van der Waals surface area contributed by atoms with Crippen LogP contribution in [0.5, 0.6) is 17.6 Å². The molecule has 4 aromatic rings. The van der Waals surface area contributed by atoms with Crippen LogP contribution in [0.3, 0.4) is 0 Å². The zero-order chi connectivity index (χ0) is 36.3. The zero-order valence-corrected chi connectivity index (χ0v) is 30.1. The number of benzene rings is 1. The minimum Gasteiger partial charge on any atom is -0.475 e. The Bertz CT molecular complexity index is 2050. The number of alkyl halides is 1. The number of nitrogens with zero attached hydrogens (tertiary/aromatic N) is 6. The van der Waals surface area contributed by atoms with E-state index in [4.69, 9.17) is 41.5 Å². The minimum absolute atomic E-state index is 0.0488. The summed E-state index contributed by atoms with van der Waals surface area (Å²) >= 11 is 6.82. The van der Waals surface area contributed by atoms with E-state index in [1.165, 1.54) is 0 Å².